The van der Waals surface area contributed by atoms with Crippen LogP contribution in [0.5, 0.6) is 0 Å². The number of nitrogens with one attached hydrogen (secondary N) is 1. The number of thiocarbonyl (C=S) groups is 1. The number of anilines is 1. The Balaban J connectivity index is 2.22. The van der Waals surface area contributed by atoms with Crippen molar-refractivity contribution in [2.24, 2.45) is 0 Å². The van der Waals surface area contributed by atoms with Crippen LogP contribution in [0.15, 0.2) is 52.3 Å². The van der Waals surface area contributed by atoms with Gasteiger partial charge in [0.25, 0.3) is 0 Å². The van der Waals surface area contributed by atoms with Crippen molar-refractivity contribution in [3.63, 3.8) is 0 Å². The Bertz CT molecular complexity index is 610. The molecule has 0 saturated heterocycles. The van der Waals surface area contributed by atoms with E-state index in [1.54, 1.807) is 6.07 Å². The van der Waals surface area contributed by atoms with Gasteiger partial charge in [-0.15, -0.1) is 0 Å². The van der Waals surface area contributed by atoms with Crippen molar-refractivity contribution in [2.45, 2.75) is 9.79 Å². The maximum absolute atomic E-state index is 13.8. The van der Waals surface area contributed by atoms with Gasteiger partial charge in [-0.1, -0.05) is 48.2 Å². The van der Waals surface area contributed by atoms with E-state index < -0.39 is 0 Å². The van der Waals surface area contributed by atoms with Crippen molar-refractivity contribution in [3.05, 3.63) is 53.8 Å². The third-order valence-electron chi connectivity index (χ3n) is 2.56. The fourth-order valence-corrected chi connectivity index (χ4v) is 3.14. The molecule has 1 aliphatic rings. The van der Waals surface area contributed by atoms with E-state index >= 15 is 0 Å². The normalized spacial score (nSPS) is 13.4. The molecule has 1 nitrogen and oxygen atoms in total. The Labute approximate surface area is 108 Å². The van der Waals surface area contributed by atoms with Crippen molar-refractivity contribution < 1.29 is 4.39 Å². The van der Waals surface area contributed by atoms with Crippen LogP contribution in [0, 0.1) is 5.82 Å². The van der Waals surface area contributed by atoms with Crippen LogP contribution in [0.2, 0.25) is 0 Å². The summed E-state index contributed by atoms with van der Waals surface area (Å²) in [7, 11) is 0. The Hall–Kier alpha value is -1.39. The zero-order valence-corrected chi connectivity index (χ0v) is 10.4. The van der Waals surface area contributed by atoms with Crippen LogP contribution in [0.25, 0.3) is 0 Å². The second-order valence-corrected chi connectivity index (χ2v) is 5.13. The Kier molecular flexibility index (Phi) is 2.61. The average molecular weight is 261 g/mol. The second-order valence-electron chi connectivity index (χ2n) is 3.67. The van der Waals surface area contributed by atoms with Crippen LogP contribution >= 0.6 is 24.0 Å². The highest BCUT2D eigenvalue weighted by Crippen LogP contribution is 2.39. The van der Waals surface area contributed by atoms with E-state index in [-0.39, 0.29) is 5.82 Å². The lowest BCUT2D eigenvalue weighted by Gasteiger charge is -2.06. The minimum Gasteiger partial charge on any atom is -0.345 e. The molecule has 0 unspecified atom stereocenters. The molecule has 84 valence electrons. The molecule has 0 fully saturated rings. The highest BCUT2D eigenvalue weighted by Gasteiger charge is 2.19. The van der Waals surface area contributed by atoms with Gasteiger partial charge in [0, 0.05) is 10.5 Å². The molecule has 4 heteroatoms. The lowest BCUT2D eigenvalue weighted by atomic mass is 10.2. The van der Waals surface area contributed by atoms with Gasteiger partial charge >= 0.3 is 0 Å². The van der Waals surface area contributed by atoms with Crippen LogP contribution in [0.1, 0.15) is 5.56 Å². The van der Waals surface area contributed by atoms with Gasteiger partial charge < -0.3 is 5.32 Å². The highest BCUT2D eigenvalue weighted by atomic mass is 32.2. The van der Waals surface area contributed by atoms with E-state index in [4.69, 9.17) is 12.2 Å². The van der Waals surface area contributed by atoms with Crippen LogP contribution < -0.4 is 5.32 Å². The van der Waals surface area contributed by atoms with Crippen LogP contribution in [0.4, 0.5) is 10.1 Å². The predicted octanol–water partition coefficient (Wildman–Crippen LogP) is 4.08. The molecule has 2 aromatic carbocycles. The number of benzene rings is 2. The first-order valence-corrected chi connectivity index (χ1v) is 6.35. The van der Waals surface area contributed by atoms with Gasteiger partial charge in [-0.05, 0) is 18.2 Å². The van der Waals surface area contributed by atoms with E-state index in [9.17, 15) is 4.39 Å². The molecule has 0 atom stereocenters. The van der Waals surface area contributed by atoms with Gasteiger partial charge in [0.1, 0.15) is 10.8 Å². The summed E-state index contributed by atoms with van der Waals surface area (Å²) < 4.78 is 13.8. The Morgan fingerprint density at radius 2 is 1.88 bits per heavy atom. The SMILES string of the molecule is Fc1cccc2c1Sc1ccccc1NC2=S. The largest absolute Gasteiger partial charge is 0.345 e. The second kappa shape index (κ2) is 4.13. The van der Waals surface area contributed by atoms with E-state index in [1.807, 2.05) is 30.3 Å². The summed E-state index contributed by atoms with van der Waals surface area (Å²) >= 11 is 6.70. The number of hydrogen-bond donors (Lipinski definition) is 1. The molecule has 0 bridgehead atoms. The smallest absolute Gasteiger partial charge is 0.137 e. The first kappa shape index (κ1) is 10.7. The lowest BCUT2D eigenvalue weighted by Crippen LogP contribution is -2.10. The van der Waals surface area contributed by atoms with Crippen molar-refractivity contribution in [1.82, 2.24) is 0 Å². The molecule has 0 spiro atoms. The molecule has 1 heterocycles. The van der Waals surface area contributed by atoms with Gasteiger partial charge in [-0.2, -0.15) is 0 Å². The number of fused-ring (bicyclic) bond motifs is 2. The Morgan fingerprint density at radius 3 is 2.76 bits per heavy atom. The summed E-state index contributed by atoms with van der Waals surface area (Å²) in [6, 6.07) is 12.7. The monoisotopic (exact) mass is 261 g/mol. The van der Waals surface area contributed by atoms with E-state index in [1.165, 1.54) is 17.8 Å². The standard InChI is InChI=1S/C13H8FNS2/c14-9-5-3-4-8-12(9)17-11-7-2-1-6-10(11)15-13(8)16/h1-7H,(H,15,16). The zero-order valence-electron chi connectivity index (χ0n) is 8.74. The third-order valence-corrected chi connectivity index (χ3v) is 4.08. The fourth-order valence-electron chi connectivity index (χ4n) is 1.75. The summed E-state index contributed by atoms with van der Waals surface area (Å²) in [6.45, 7) is 0. The first-order chi connectivity index (χ1) is 8.25. The topological polar surface area (TPSA) is 12.0 Å². The summed E-state index contributed by atoms with van der Waals surface area (Å²) in [5.41, 5.74) is 1.68. The lowest BCUT2D eigenvalue weighted by molar-refractivity contribution is 0.601. The van der Waals surface area contributed by atoms with E-state index in [0.717, 1.165) is 16.1 Å². The van der Waals surface area contributed by atoms with Gasteiger partial charge in [-0.25, -0.2) is 4.39 Å². The maximum atomic E-state index is 13.8. The molecule has 0 aromatic heterocycles. The van der Waals surface area contributed by atoms with Crippen LogP contribution in [-0.4, -0.2) is 4.99 Å². The van der Waals surface area contributed by atoms with E-state index in [2.05, 4.69) is 5.32 Å². The van der Waals surface area contributed by atoms with Gasteiger partial charge in [0.2, 0.25) is 0 Å². The molecule has 0 amide bonds. The van der Waals surface area contributed by atoms with Crippen LogP contribution in [-0.2, 0) is 0 Å². The zero-order chi connectivity index (χ0) is 11.8. The van der Waals surface area contributed by atoms with Crippen molar-refractivity contribution in [2.75, 3.05) is 5.32 Å². The number of hydrogen-bond acceptors (Lipinski definition) is 2. The highest BCUT2D eigenvalue weighted by molar-refractivity contribution is 7.99. The molecule has 0 saturated carbocycles. The summed E-state index contributed by atoms with van der Waals surface area (Å²) in [5.74, 6) is -0.228. The predicted molar refractivity (Wildman–Crippen MR) is 72.3 cm³/mol. The summed E-state index contributed by atoms with van der Waals surface area (Å²) in [6.07, 6.45) is 0. The average Bonchev–Trinajstić information content (AvgIpc) is 2.47. The fraction of sp³-hybridized carbons (Fsp3) is 0. The Morgan fingerprint density at radius 1 is 1.06 bits per heavy atom. The molecular weight excluding hydrogens is 253 g/mol. The van der Waals surface area contributed by atoms with Gasteiger partial charge in [-0.3, -0.25) is 0 Å². The van der Waals surface area contributed by atoms with Crippen LogP contribution in [0.3, 0.4) is 0 Å². The minimum absolute atomic E-state index is 0.228. The van der Waals surface area contributed by atoms with Crippen molar-refractivity contribution >= 4 is 34.7 Å². The van der Waals surface area contributed by atoms with Crippen molar-refractivity contribution in [1.29, 1.82) is 0 Å². The number of para-hydroxylation sites is 1. The molecule has 0 aliphatic carbocycles. The third kappa shape index (κ3) is 1.83. The number of rotatable bonds is 0. The number of halogens is 1. The molecule has 17 heavy (non-hydrogen) atoms. The van der Waals surface area contributed by atoms with Crippen molar-refractivity contribution in [3.8, 4) is 0 Å². The molecule has 1 N–H and O–H groups in total. The van der Waals surface area contributed by atoms with Gasteiger partial charge in [0.15, 0.2) is 0 Å². The molecule has 1 aliphatic heterocycles. The van der Waals surface area contributed by atoms with Gasteiger partial charge in [0.05, 0.1) is 10.6 Å². The molecular formula is C13H8FNS2. The molecule has 3 rings (SSSR count). The summed E-state index contributed by atoms with van der Waals surface area (Å²) in [4.78, 5) is 2.14. The maximum Gasteiger partial charge on any atom is 0.137 e. The van der Waals surface area contributed by atoms with E-state index in [0.29, 0.717) is 9.88 Å². The first-order valence-electron chi connectivity index (χ1n) is 5.12. The quantitative estimate of drug-likeness (QED) is 0.718. The summed E-state index contributed by atoms with van der Waals surface area (Å²) in [5, 5.41) is 3.15. The molecule has 2 aromatic rings. The molecule has 0 radical (unpaired) electrons. The minimum atomic E-state index is -0.228.